The Morgan fingerprint density at radius 3 is 2.46 bits per heavy atom. The summed E-state index contributed by atoms with van der Waals surface area (Å²) in [6.07, 6.45) is 0. The molecule has 5 heteroatoms. The molecule has 0 radical (unpaired) electrons. The van der Waals surface area contributed by atoms with E-state index in [0.717, 1.165) is 22.6 Å². The molecular formula is C19H23NO4. The Bertz CT molecular complexity index is 640. The lowest BCUT2D eigenvalue weighted by Crippen LogP contribution is -2.18. The van der Waals surface area contributed by atoms with Gasteiger partial charge in [-0.15, -0.1) is 0 Å². The highest BCUT2D eigenvalue weighted by molar-refractivity contribution is 5.91. The van der Waals surface area contributed by atoms with Gasteiger partial charge in [0.15, 0.2) is 0 Å². The molecule has 1 N–H and O–H groups in total. The van der Waals surface area contributed by atoms with Gasteiger partial charge in [-0.25, -0.2) is 0 Å². The molecule has 0 saturated heterocycles. The molecule has 0 heterocycles. The Kier molecular flexibility index (Phi) is 7.26. The molecule has 0 aliphatic heterocycles. The summed E-state index contributed by atoms with van der Waals surface area (Å²) in [5.41, 5.74) is 2.82. The second-order valence-corrected chi connectivity index (χ2v) is 5.23. The number of carbonyl (C=O) groups is 1. The van der Waals surface area contributed by atoms with Crippen LogP contribution in [-0.2, 0) is 27.5 Å². The quantitative estimate of drug-likeness (QED) is 0.766. The Labute approximate surface area is 142 Å². The van der Waals surface area contributed by atoms with E-state index < -0.39 is 0 Å². The van der Waals surface area contributed by atoms with Crippen LogP contribution in [0.15, 0.2) is 48.5 Å². The molecule has 1 amide bonds. The third-order valence-corrected chi connectivity index (χ3v) is 3.34. The summed E-state index contributed by atoms with van der Waals surface area (Å²) in [5.74, 6) is 0.669. The smallest absolute Gasteiger partial charge is 0.250 e. The van der Waals surface area contributed by atoms with Crippen molar-refractivity contribution >= 4 is 11.6 Å². The maximum Gasteiger partial charge on any atom is 0.250 e. The van der Waals surface area contributed by atoms with Gasteiger partial charge in [0.05, 0.1) is 20.3 Å². The van der Waals surface area contributed by atoms with E-state index in [1.165, 1.54) is 0 Å². The molecule has 0 unspecified atom stereocenters. The van der Waals surface area contributed by atoms with Crippen molar-refractivity contribution in [2.45, 2.75) is 20.1 Å². The second kappa shape index (κ2) is 9.70. The Morgan fingerprint density at radius 1 is 1.00 bits per heavy atom. The predicted octanol–water partition coefficient (Wildman–Crippen LogP) is 3.39. The van der Waals surface area contributed by atoms with Crippen molar-refractivity contribution in [1.29, 1.82) is 0 Å². The number of rotatable bonds is 9. The fourth-order valence-electron chi connectivity index (χ4n) is 2.14. The molecular weight excluding hydrogens is 306 g/mol. The van der Waals surface area contributed by atoms with Gasteiger partial charge in [-0.1, -0.05) is 24.3 Å². The van der Waals surface area contributed by atoms with Crippen molar-refractivity contribution in [2.75, 3.05) is 25.6 Å². The van der Waals surface area contributed by atoms with Crippen LogP contribution in [-0.4, -0.2) is 26.2 Å². The molecule has 0 saturated carbocycles. The van der Waals surface area contributed by atoms with Crippen LogP contribution in [0, 0.1) is 0 Å². The Morgan fingerprint density at radius 2 is 1.75 bits per heavy atom. The third-order valence-electron chi connectivity index (χ3n) is 3.34. The van der Waals surface area contributed by atoms with Gasteiger partial charge in [-0.2, -0.15) is 0 Å². The maximum absolute atomic E-state index is 11.7. The van der Waals surface area contributed by atoms with E-state index in [1.54, 1.807) is 7.11 Å². The highest BCUT2D eigenvalue weighted by Gasteiger charge is 2.03. The summed E-state index contributed by atoms with van der Waals surface area (Å²) in [7, 11) is 1.64. The molecule has 0 aliphatic rings. The SMILES string of the molecule is CCOCC(=O)Nc1cccc(COCc2ccc(OC)cc2)c1. The fourth-order valence-corrected chi connectivity index (χ4v) is 2.14. The molecule has 0 spiro atoms. The van der Waals surface area contributed by atoms with Crippen LogP contribution < -0.4 is 10.1 Å². The van der Waals surface area contributed by atoms with Crippen LogP contribution in [0.1, 0.15) is 18.1 Å². The van der Waals surface area contributed by atoms with Gasteiger partial charge < -0.3 is 19.5 Å². The third kappa shape index (κ3) is 6.02. The van der Waals surface area contributed by atoms with Crippen molar-refractivity contribution in [3.05, 3.63) is 59.7 Å². The number of amides is 1. The topological polar surface area (TPSA) is 56.8 Å². The minimum absolute atomic E-state index is 0.0642. The lowest BCUT2D eigenvalue weighted by molar-refractivity contribution is -0.120. The highest BCUT2D eigenvalue weighted by atomic mass is 16.5. The lowest BCUT2D eigenvalue weighted by Gasteiger charge is -2.09. The average molecular weight is 329 g/mol. The van der Waals surface area contributed by atoms with Crippen LogP contribution in [0.4, 0.5) is 5.69 Å². The molecule has 24 heavy (non-hydrogen) atoms. The van der Waals surface area contributed by atoms with Crippen molar-refractivity contribution in [3.8, 4) is 5.75 Å². The predicted molar refractivity (Wildman–Crippen MR) is 93.1 cm³/mol. The molecule has 0 atom stereocenters. The van der Waals surface area contributed by atoms with Crippen LogP contribution in [0.25, 0.3) is 0 Å². The molecule has 2 aromatic rings. The Hall–Kier alpha value is -2.37. The average Bonchev–Trinajstić information content (AvgIpc) is 2.61. The first-order valence-electron chi connectivity index (χ1n) is 7.88. The van der Waals surface area contributed by atoms with Crippen LogP contribution >= 0.6 is 0 Å². The molecule has 0 aliphatic carbocycles. The summed E-state index contributed by atoms with van der Waals surface area (Å²) >= 11 is 0. The number of hydrogen-bond acceptors (Lipinski definition) is 4. The molecule has 0 aromatic heterocycles. The van der Waals surface area contributed by atoms with Gasteiger partial charge in [0.25, 0.3) is 0 Å². The number of ether oxygens (including phenoxy) is 3. The first-order chi connectivity index (χ1) is 11.7. The van der Waals surface area contributed by atoms with Crippen LogP contribution in [0.3, 0.4) is 0 Å². The number of anilines is 1. The Balaban J connectivity index is 1.81. The van der Waals surface area contributed by atoms with E-state index in [4.69, 9.17) is 14.2 Å². The number of benzene rings is 2. The van der Waals surface area contributed by atoms with Gasteiger partial charge in [-0.3, -0.25) is 4.79 Å². The number of nitrogens with one attached hydrogen (secondary N) is 1. The maximum atomic E-state index is 11.7. The van der Waals surface area contributed by atoms with E-state index in [0.29, 0.717) is 19.8 Å². The molecule has 128 valence electrons. The largest absolute Gasteiger partial charge is 0.497 e. The highest BCUT2D eigenvalue weighted by Crippen LogP contribution is 2.14. The first kappa shape index (κ1) is 18.0. The van der Waals surface area contributed by atoms with E-state index in [-0.39, 0.29) is 12.5 Å². The molecule has 0 fully saturated rings. The van der Waals surface area contributed by atoms with Crippen LogP contribution in [0.5, 0.6) is 5.75 Å². The van der Waals surface area contributed by atoms with Gasteiger partial charge in [-0.05, 0) is 42.3 Å². The van der Waals surface area contributed by atoms with Crippen molar-refractivity contribution < 1.29 is 19.0 Å². The van der Waals surface area contributed by atoms with E-state index in [9.17, 15) is 4.79 Å². The summed E-state index contributed by atoms with van der Waals surface area (Å²) < 4.78 is 15.9. The minimum Gasteiger partial charge on any atom is -0.497 e. The standard InChI is InChI=1S/C19H23NO4/c1-3-23-14-19(21)20-17-6-4-5-16(11-17)13-24-12-15-7-9-18(22-2)10-8-15/h4-11H,3,12-14H2,1-2H3,(H,20,21). The molecule has 5 nitrogen and oxygen atoms in total. The van der Waals surface area contributed by atoms with E-state index >= 15 is 0 Å². The normalized spacial score (nSPS) is 10.4. The molecule has 2 rings (SSSR count). The van der Waals surface area contributed by atoms with E-state index in [1.807, 2.05) is 55.5 Å². The summed E-state index contributed by atoms with van der Waals surface area (Å²) in [6.45, 7) is 3.43. The van der Waals surface area contributed by atoms with Gasteiger partial charge in [0.2, 0.25) is 5.91 Å². The summed E-state index contributed by atoms with van der Waals surface area (Å²) in [5, 5.41) is 2.80. The number of methoxy groups -OCH3 is 1. The number of hydrogen-bond donors (Lipinski definition) is 1. The van der Waals surface area contributed by atoms with Crippen LogP contribution in [0.2, 0.25) is 0 Å². The monoisotopic (exact) mass is 329 g/mol. The van der Waals surface area contributed by atoms with Crippen molar-refractivity contribution in [2.24, 2.45) is 0 Å². The van der Waals surface area contributed by atoms with Crippen molar-refractivity contribution in [3.63, 3.8) is 0 Å². The minimum atomic E-state index is -0.159. The number of carbonyl (C=O) groups excluding carboxylic acids is 1. The van der Waals surface area contributed by atoms with E-state index in [2.05, 4.69) is 5.32 Å². The summed E-state index contributed by atoms with van der Waals surface area (Å²) in [4.78, 5) is 11.7. The van der Waals surface area contributed by atoms with Gasteiger partial charge in [0.1, 0.15) is 12.4 Å². The zero-order valence-electron chi connectivity index (χ0n) is 14.1. The summed E-state index contributed by atoms with van der Waals surface area (Å²) in [6, 6.07) is 15.4. The zero-order chi connectivity index (χ0) is 17.2. The van der Waals surface area contributed by atoms with Gasteiger partial charge >= 0.3 is 0 Å². The molecule has 2 aromatic carbocycles. The first-order valence-corrected chi connectivity index (χ1v) is 7.88. The molecule has 0 bridgehead atoms. The lowest BCUT2D eigenvalue weighted by atomic mass is 10.2. The van der Waals surface area contributed by atoms with Gasteiger partial charge in [0, 0.05) is 12.3 Å². The fraction of sp³-hybridized carbons (Fsp3) is 0.316. The zero-order valence-corrected chi connectivity index (χ0v) is 14.1. The second-order valence-electron chi connectivity index (χ2n) is 5.23. The van der Waals surface area contributed by atoms with Crippen molar-refractivity contribution in [1.82, 2.24) is 0 Å².